The van der Waals surface area contributed by atoms with Crippen molar-refractivity contribution in [3.63, 3.8) is 0 Å². The molecule has 0 aliphatic heterocycles. The maximum atomic E-state index is 11.6. The van der Waals surface area contributed by atoms with Gasteiger partial charge >= 0.3 is 5.97 Å². The molecule has 0 atom stereocenters. The Morgan fingerprint density at radius 3 is 2.71 bits per heavy atom. The lowest BCUT2D eigenvalue weighted by molar-refractivity contribution is 0.0701. The standard InChI is InChI=1S/C19H17N5O2S2/c1-11-15-17(20-13-8-9-24(2)23-13)21-14(10-27-12-6-4-3-5-7-12)22-18(15)28-16(11)19(25)26/h3-9H,10H2,1-2H3,(H,25,26)(H,20,21,22,23). The molecule has 0 unspecified atom stereocenters. The summed E-state index contributed by atoms with van der Waals surface area (Å²) in [6.07, 6.45) is 1.83. The number of nitrogens with zero attached hydrogens (tertiary/aromatic N) is 4. The van der Waals surface area contributed by atoms with Gasteiger partial charge in [-0.3, -0.25) is 4.68 Å². The van der Waals surface area contributed by atoms with Crippen LogP contribution in [0.5, 0.6) is 0 Å². The molecule has 3 heterocycles. The van der Waals surface area contributed by atoms with Gasteiger partial charge < -0.3 is 10.4 Å². The Labute approximate surface area is 169 Å². The summed E-state index contributed by atoms with van der Waals surface area (Å²) in [4.78, 5) is 22.9. The van der Waals surface area contributed by atoms with Gasteiger partial charge in [-0.05, 0) is 24.6 Å². The number of aromatic nitrogens is 4. The molecule has 0 saturated carbocycles. The van der Waals surface area contributed by atoms with Gasteiger partial charge in [0.2, 0.25) is 0 Å². The number of thioether (sulfide) groups is 1. The highest BCUT2D eigenvalue weighted by Crippen LogP contribution is 2.35. The maximum Gasteiger partial charge on any atom is 0.346 e. The van der Waals surface area contributed by atoms with E-state index in [0.717, 1.165) is 10.3 Å². The molecule has 0 saturated heterocycles. The molecule has 28 heavy (non-hydrogen) atoms. The predicted molar refractivity (Wildman–Crippen MR) is 112 cm³/mol. The largest absolute Gasteiger partial charge is 0.477 e. The fourth-order valence-electron chi connectivity index (χ4n) is 2.81. The average Bonchev–Trinajstić information content (AvgIpc) is 3.24. The molecule has 0 fully saturated rings. The van der Waals surface area contributed by atoms with Gasteiger partial charge in [-0.25, -0.2) is 14.8 Å². The first kappa shape index (κ1) is 18.5. The topological polar surface area (TPSA) is 92.9 Å². The number of hydrogen-bond acceptors (Lipinski definition) is 7. The Morgan fingerprint density at radius 2 is 2.04 bits per heavy atom. The zero-order chi connectivity index (χ0) is 19.7. The summed E-state index contributed by atoms with van der Waals surface area (Å²) in [5.74, 6) is 1.48. The van der Waals surface area contributed by atoms with E-state index < -0.39 is 5.97 Å². The van der Waals surface area contributed by atoms with Crippen LogP contribution in [-0.2, 0) is 12.8 Å². The molecule has 0 amide bonds. The number of carbonyl (C=O) groups is 1. The van der Waals surface area contributed by atoms with E-state index >= 15 is 0 Å². The van der Waals surface area contributed by atoms with Crippen molar-refractivity contribution in [2.75, 3.05) is 5.32 Å². The summed E-state index contributed by atoms with van der Waals surface area (Å²) < 4.78 is 1.69. The molecule has 2 N–H and O–H groups in total. The number of hydrogen-bond donors (Lipinski definition) is 2. The number of aryl methyl sites for hydroxylation is 2. The minimum absolute atomic E-state index is 0.279. The van der Waals surface area contributed by atoms with Crippen molar-refractivity contribution in [1.82, 2.24) is 19.7 Å². The zero-order valence-electron chi connectivity index (χ0n) is 15.2. The van der Waals surface area contributed by atoms with E-state index in [-0.39, 0.29) is 4.88 Å². The van der Waals surface area contributed by atoms with Gasteiger partial charge in [-0.2, -0.15) is 5.10 Å². The van der Waals surface area contributed by atoms with Crippen LogP contribution in [0.2, 0.25) is 0 Å². The molecule has 4 aromatic rings. The lowest BCUT2D eigenvalue weighted by Crippen LogP contribution is -2.02. The molecule has 0 aliphatic rings. The summed E-state index contributed by atoms with van der Waals surface area (Å²) >= 11 is 2.81. The van der Waals surface area contributed by atoms with Crippen molar-refractivity contribution < 1.29 is 9.90 Å². The lowest BCUT2D eigenvalue weighted by atomic mass is 10.2. The van der Waals surface area contributed by atoms with Crippen LogP contribution in [-0.4, -0.2) is 30.8 Å². The highest BCUT2D eigenvalue weighted by Gasteiger charge is 2.20. The minimum Gasteiger partial charge on any atom is -0.477 e. The fourth-order valence-corrected chi connectivity index (χ4v) is 4.62. The monoisotopic (exact) mass is 411 g/mol. The number of aromatic carboxylic acids is 1. The Bertz CT molecular complexity index is 1150. The number of fused-ring (bicyclic) bond motifs is 1. The maximum absolute atomic E-state index is 11.6. The number of carboxylic acid groups (broad SMARTS) is 1. The number of carboxylic acids is 1. The van der Waals surface area contributed by atoms with Gasteiger partial charge in [0.25, 0.3) is 0 Å². The quantitative estimate of drug-likeness (QED) is 0.452. The molecule has 1 aromatic carbocycles. The number of thiophene rings is 1. The molecule has 0 spiro atoms. The number of benzene rings is 1. The van der Waals surface area contributed by atoms with Crippen LogP contribution in [0.4, 0.5) is 11.6 Å². The van der Waals surface area contributed by atoms with E-state index in [9.17, 15) is 9.90 Å². The predicted octanol–water partition coefficient (Wildman–Crippen LogP) is 4.47. The van der Waals surface area contributed by atoms with Gasteiger partial charge in [-0.1, -0.05) is 18.2 Å². The fraction of sp³-hybridized carbons (Fsp3) is 0.158. The lowest BCUT2D eigenvalue weighted by Gasteiger charge is -2.08. The summed E-state index contributed by atoms with van der Waals surface area (Å²) in [6.45, 7) is 1.79. The van der Waals surface area contributed by atoms with Crippen molar-refractivity contribution in [1.29, 1.82) is 0 Å². The molecule has 9 heteroatoms. The van der Waals surface area contributed by atoms with E-state index in [4.69, 9.17) is 0 Å². The Kier molecular flexibility index (Phi) is 5.01. The second-order valence-electron chi connectivity index (χ2n) is 6.13. The van der Waals surface area contributed by atoms with E-state index in [1.807, 2.05) is 49.6 Å². The van der Waals surface area contributed by atoms with Crippen molar-refractivity contribution >= 4 is 50.9 Å². The van der Waals surface area contributed by atoms with Crippen molar-refractivity contribution in [3.8, 4) is 0 Å². The minimum atomic E-state index is -0.954. The van der Waals surface area contributed by atoms with E-state index in [1.165, 1.54) is 11.3 Å². The molecule has 0 radical (unpaired) electrons. The van der Waals surface area contributed by atoms with Crippen molar-refractivity contribution in [2.24, 2.45) is 7.05 Å². The SMILES string of the molecule is Cc1c(C(=O)O)sc2nc(CSc3ccccc3)nc(Nc3ccn(C)n3)c12. The molecule has 0 bridgehead atoms. The van der Waals surface area contributed by atoms with Gasteiger partial charge in [0, 0.05) is 24.2 Å². The molecule has 0 aliphatic carbocycles. The molecule has 142 valence electrons. The molecule has 7 nitrogen and oxygen atoms in total. The highest BCUT2D eigenvalue weighted by atomic mass is 32.2. The summed E-state index contributed by atoms with van der Waals surface area (Å²) in [7, 11) is 1.83. The van der Waals surface area contributed by atoms with E-state index in [2.05, 4.69) is 20.4 Å². The van der Waals surface area contributed by atoms with Gasteiger partial charge in [0.05, 0.1) is 11.1 Å². The summed E-state index contributed by atoms with van der Waals surface area (Å²) in [5.41, 5.74) is 0.660. The molecular weight excluding hydrogens is 394 g/mol. The zero-order valence-corrected chi connectivity index (χ0v) is 16.8. The first-order valence-electron chi connectivity index (χ1n) is 8.49. The Balaban J connectivity index is 1.75. The van der Waals surface area contributed by atoms with Crippen LogP contribution in [0.3, 0.4) is 0 Å². The first-order valence-corrected chi connectivity index (χ1v) is 10.3. The Morgan fingerprint density at radius 1 is 1.25 bits per heavy atom. The third-order valence-corrected chi connectivity index (χ3v) is 6.28. The smallest absolute Gasteiger partial charge is 0.346 e. The van der Waals surface area contributed by atoms with Crippen LogP contribution in [0.25, 0.3) is 10.2 Å². The molecular formula is C19H17N5O2S2. The Hall–Kier alpha value is -2.91. The van der Waals surface area contributed by atoms with Crippen molar-refractivity contribution in [2.45, 2.75) is 17.6 Å². The molecule has 3 aromatic heterocycles. The number of nitrogens with one attached hydrogen (secondary N) is 1. The van der Waals surface area contributed by atoms with Crippen LogP contribution in [0.15, 0.2) is 47.5 Å². The normalized spacial score (nSPS) is 11.1. The molecule has 4 rings (SSSR count). The van der Waals surface area contributed by atoms with Crippen LogP contribution < -0.4 is 5.32 Å². The van der Waals surface area contributed by atoms with Gasteiger partial charge in [-0.15, -0.1) is 23.1 Å². The highest BCUT2D eigenvalue weighted by molar-refractivity contribution is 7.98. The third kappa shape index (κ3) is 3.71. The summed E-state index contributed by atoms with van der Waals surface area (Å²) in [6, 6.07) is 11.9. The van der Waals surface area contributed by atoms with Crippen LogP contribution in [0, 0.1) is 6.92 Å². The number of anilines is 2. The van der Waals surface area contributed by atoms with Crippen LogP contribution >= 0.6 is 23.1 Å². The first-order chi connectivity index (χ1) is 13.5. The average molecular weight is 412 g/mol. The second kappa shape index (κ2) is 7.61. The van der Waals surface area contributed by atoms with Crippen LogP contribution in [0.1, 0.15) is 21.1 Å². The van der Waals surface area contributed by atoms with Crippen molar-refractivity contribution in [3.05, 3.63) is 58.9 Å². The van der Waals surface area contributed by atoms with E-state index in [1.54, 1.807) is 23.4 Å². The second-order valence-corrected chi connectivity index (χ2v) is 8.18. The summed E-state index contributed by atoms with van der Waals surface area (Å²) in [5, 5.41) is 17.8. The van der Waals surface area contributed by atoms with Gasteiger partial charge in [0.15, 0.2) is 5.82 Å². The van der Waals surface area contributed by atoms with E-state index in [0.29, 0.717) is 33.6 Å². The number of rotatable bonds is 6. The third-order valence-electron chi connectivity index (χ3n) is 4.10. The van der Waals surface area contributed by atoms with Gasteiger partial charge in [0.1, 0.15) is 21.3 Å².